The number of nitrogens with one attached hydrogen (secondary N) is 2. The summed E-state index contributed by atoms with van der Waals surface area (Å²) < 4.78 is 2.14. The van der Waals surface area contributed by atoms with Crippen molar-refractivity contribution >= 4 is 34.6 Å². The maximum Gasteiger partial charge on any atom is 0.221 e. The van der Waals surface area contributed by atoms with Crippen LogP contribution in [-0.4, -0.2) is 28.4 Å². The highest BCUT2D eigenvalue weighted by Crippen LogP contribution is 2.20. The third-order valence-electron chi connectivity index (χ3n) is 3.13. The van der Waals surface area contributed by atoms with Crippen LogP contribution in [0.15, 0.2) is 6.20 Å². The van der Waals surface area contributed by atoms with Gasteiger partial charge in [-0.1, -0.05) is 6.92 Å². The molecule has 0 aliphatic heterocycles. The van der Waals surface area contributed by atoms with Crippen LogP contribution in [0.3, 0.4) is 0 Å². The number of rotatable bonds is 7. The molecular weight excluding hydrogens is 308 g/mol. The molecule has 0 spiro atoms. The van der Waals surface area contributed by atoms with E-state index in [9.17, 15) is 4.79 Å². The second-order valence-electron chi connectivity index (χ2n) is 4.92. The van der Waals surface area contributed by atoms with E-state index >= 15 is 0 Å². The Bertz CT molecular complexity index is 593. The normalized spacial score (nSPS) is 10.6. The summed E-state index contributed by atoms with van der Waals surface area (Å²) in [5.41, 5.74) is 2.23. The first-order valence-electron chi connectivity index (χ1n) is 7.03. The van der Waals surface area contributed by atoms with Crippen molar-refractivity contribution in [3.05, 3.63) is 22.5 Å². The van der Waals surface area contributed by atoms with Gasteiger partial charge in [0.15, 0.2) is 4.96 Å². The predicted octanol–water partition coefficient (Wildman–Crippen LogP) is 2.44. The van der Waals surface area contributed by atoms with Crippen molar-refractivity contribution in [1.29, 1.82) is 0 Å². The maximum absolute atomic E-state index is 11.5. The van der Waals surface area contributed by atoms with Crippen LogP contribution in [0.1, 0.15) is 36.0 Å². The molecule has 21 heavy (non-hydrogen) atoms. The number of fused-ring (bicyclic) bond motifs is 1. The molecule has 2 heterocycles. The van der Waals surface area contributed by atoms with Crippen LogP contribution in [0.4, 0.5) is 0 Å². The van der Waals surface area contributed by atoms with Gasteiger partial charge in [0.2, 0.25) is 5.91 Å². The van der Waals surface area contributed by atoms with E-state index < -0.39 is 0 Å². The van der Waals surface area contributed by atoms with E-state index in [2.05, 4.69) is 40.1 Å². The number of hydrogen-bond acceptors (Lipinski definition) is 4. The van der Waals surface area contributed by atoms with E-state index in [0.717, 1.165) is 30.2 Å². The Morgan fingerprint density at radius 1 is 1.38 bits per heavy atom. The zero-order chi connectivity index (χ0) is 14.5. The molecule has 0 aromatic carbocycles. The number of nitrogens with zero attached hydrogens (tertiary/aromatic N) is 2. The Balaban J connectivity index is 0.00000220. The Morgan fingerprint density at radius 2 is 2.14 bits per heavy atom. The maximum atomic E-state index is 11.5. The third kappa shape index (κ3) is 4.69. The summed E-state index contributed by atoms with van der Waals surface area (Å²) in [5, 5.41) is 6.20. The lowest BCUT2D eigenvalue weighted by Gasteiger charge is -2.06. The Kier molecular flexibility index (Phi) is 7.14. The highest BCUT2D eigenvalue weighted by atomic mass is 35.5. The molecule has 1 amide bonds. The first-order chi connectivity index (χ1) is 9.61. The van der Waals surface area contributed by atoms with E-state index in [0.29, 0.717) is 13.0 Å². The monoisotopic (exact) mass is 330 g/mol. The molecule has 0 atom stereocenters. The number of carbonyl (C=O) groups excluding carboxylic acids is 1. The van der Waals surface area contributed by atoms with Crippen LogP contribution in [-0.2, 0) is 11.3 Å². The van der Waals surface area contributed by atoms with Gasteiger partial charge in [-0.3, -0.25) is 9.20 Å². The van der Waals surface area contributed by atoms with E-state index in [1.807, 2.05) is 6.92 Å². The van der Waals surface area contributed by atoms with Gasteiger partial charge >= 0.3 is 0 Å². The van der Waals surface area contributed by atoms with E-state index in [-0.39, 0.29) is 18.3 Å². The van der Waals surface area contributed by atoms with Gasteiger partial charge in [-0.05, 0) is 20.3 Å². The summed E-state index contributed by atoms with van der Waals surface area (Å²) in [5.74, 6) is 0.112. The first-order valence-corrected chi connectivity index (χ1v) is 7.85. The van der Waals surface area contributed by atoms with Crippen molar-refractivity contribution in [2.24, 2.45) is 0 Å². The van der Waals surface area contributed by atoms with Gasteiger partial charge in [-0.2, -0.15) is 0 Å². The van der Waals surface area contributed by atoms with Crippen LogP contribution < -0.4 is 10.6 Å². The van der Waals surface area contributed by atoms with Gasteiger partial charge in [0.05, 0.1) is 11.4 Å². The van der Waals surface area contributed by atoms with Gasteiger partial charge in [0.25, 0.3) is 0 Å². The van der Waals surface area contributed by atoms with Crippen molar-refractivity contribution in [3.8, 4) is 0 Å². The second-order valence-corrected chi connectivity index (χ2v) is 6.13. The summed E-state index contributed by atoms with van der Waals surface area (Å²) in [6.45, 7) is 8.35. The molecule has 0 fully saturated rings. The number of halogens is 1. The zero-order valence-corrected chi connectivity index (χ0v) is 14.4. The molecule has 118 valence electrons. The molecule has 0 radical (unpaired) electrons. The number of imidazole rings is 1. The molecule has 7 heteroatoms. The quantitative estimate of drug-likeness (QED) is 0.767. The van der Waals surface area contributed by atoms with E-state index in [1.54, 1.807) is 11.3 Å². The standard InChI is InChI=1S/C14H22N4OS.ClH/c1-4-6-16-13(19)5-7-15-8-12-11(3)17-14-18(12)9-10(2)20-14;/h9,15H,4-8H2,1-3H3,(H,16,19);1H. The average Bonchev–Trinajstić information content (AvgIpc) is 2.88. The second kappa shape index (κ2) is 8.36. The molecule has 2 N–H and O–H groups in total. The molecule has 0 saturated carbocycles. The highest BCUT2D eigenvalue weighted by Gasteiger charge is 2.10. The molecule has 0 bridgehead atoms. The Hall–Kier alpha value is -1.11. The molecule has 2 rings (SSSR count). The number of carbonyl (C=O) groups is 1. The Morgan fingerprint density at radius 3 is 2.86 bits per heavy atom. The zero-order valence-electron chi connectivity index (χ0n) is 12.7. The fourth-order valence-corrected chi connectivity index (χ4v) is 2.97. The number of hydrogen-bond donors (Lipinski definition) is 2. The van der Waals surface area contributed by atoms with Crippen molar-refractivity contribution in [1.82, 2.24) is 20.0 Å². The summed E-state index contributed by atoms with van der Waals surface area (Å²) in [7, 11) is 0. The lowest BCUT2D eigenvalue weighted by molar-refractivity contribution is -0.120. The number of aryl methyl sites for hydroxylation is 2. The van der Waals surface area contributed by atoms with Gasteiger partial charge in [0, 0.05) is 37.1 Å². The van der Waals surface area contributed by atoms with Crippen LogP contribution in [0.25, 0.3) is 4.96 Å². The molecule has 0 unspecified atom stereocenters. The van der Waals surface area contributed by atoms with Crippen LogP contribution >= 0.6 is 23.7 Å². The molecule has 5 nitrogen and oxygen atoms in total. The van der Waals surface area contributed by atoms with Gasteiger partial charge in [-0.25, -0.2) is 4.98 Å². The van der Waals surface area contributed by atoms with Gasteiger partial charge in [0.1, 0.15) is 0 Å². The summed E-state index contributed by atoms with van der Waals surface area (Å²) in [4.78, 5) is 18.3. The van der Waals surface area contributed by atoms with Gasteiger partial charge < -0.3 is 10.6 Å². The van der Waals surface area contributed by atoms with Crippen molar-refractivity contribution in [2.75, 3.05) is 13.1 Å². The largest absolute Gasteiger partial charge is 0.356 e. The summed E-state index contributed by atoms with van der Waals surface area (Å²) in [6.07, 6.45) is 3.61. The highest BCUT2D eigenvalue weighted by molar-refractivity contribution is 7.17. The van der Waals surface area contributed by atoms with Crippen molar-refractivity contribution < 1.29 is 4.79 Å². The number of thiazole rings is 1. The third-order valence-corrected chi connectivity index (χ3v) is 4.03. The van der Waals surface area contributed by atoms with Crippen LogP contribution in [0.2, 0.25) is 0 Å². The van der Waals surface area contributed by atoms with Gasteiger partial charge in [-0.15, -0.1) is 23.7 Å². The van der Waals surface area contributed by atoms with Crippen molar-refractivity contribution in [2.45, 2.75) is 40.2 Å². The fraction of sp³-hybridized carbons (Fsp3) is 0.571. The molecular formula is C14H23ClN4OS. The summed E-state index contributed by atoms with van der Waals surface area (Å²) >= 11 is 1.70. The average molecular weight is 331 g/mol. The van der Waals surface area contributed by atoms with Crippen molar-refractivity contribution in [3.63, 3.8) is 0 Å². The Labute approximate surface area is 135 Å². The molecule has 0 aliphatic rings. The van der Waals surface area contributed by atoms with E-state index in [4.69, 9.17) is 0 Å². The minimum absolute atomic E-state index is 0. The molecule has 2 aromatic rings. The summed E-state index contributed by atoms with van der Waals surface area (Å²) in [6, 6.07) is 0. The smallest absolute Gasteiger partial charge is 0.221 e. The fourth-order valence-electron chi connectivity index (χ4n) is 2.08. The predicted molar refractivity (Wildman–Crippen MR) is 89.4 cm³/mol. The van der Waals surface area contributed by atoms with Crippen LogP contribution in [0.5, 0.6) is 0 Å². The lowest BCUT2D eigenvalue weighted by Crippen LogP contribution is -2.28. The van der Waals surface area contributed by atoms with E-state index in [1.165, 1.54) is 10.6 Å². The number of amides is 1. The molecule has 2 aromatic heterocycles. The minimum atomic E-state index is 0. The topological polar surface area (TPSA) is 58.4 Å². The van der Waals surface area contributed by atoms with Crippen LogP contribution in [0, 0.1) is 13.8 Å². The number of aromatic nitrogens is 2. The minimum Gasteiger partial charge on any atom is -0.356 e. The molecule has 0 aliphatic carbocycles. The molecule has 0 saturated heterocycles. The SMILES string of the molecule is CCCNC(=O)CCNCc1c(C)nc2sc(C)cn12.Cl. The first kappa shape index (κ1) is 17.9. The lowest BCUT2D eigenvalue weighted by atomic mass is 10.3.